The highest BCUT2D eigenvalue weighted by atomic mass is 16.4. The van der Waals surface area contributed by atoms with Crippen LogP contribution in [0, 0.1) is 6.92 Å². The third-order valence-corrected chi connectivity index (χ3v) is 2.64. The van der Waals surface area contributed by atoms with E-state index in [9.17, 15) is 5.11 Å². The average molecular weight is 217 g/mol. The minimum absolute atomic E-state index is 0.161. The van der Waals surface area contributed by atoms with E-state index in [4.69, 9.17) is 4.42 Å². The second kappa shape index (κ2) is 4.39. The zero-order chi connectivity index (χ0) is 11.5. The molecule has 0 aliphatic heterocycles. The first-order chi connectivity index (χ1) is 7.70. The van der Waals surface area contributed by atoms with Gasteiger partial charge in [0.25, 0.3) is 0 Å². The highest BCUT2D eigenvalue weighted by molar-refractivity contribution is 5.31. The minimum Gasteiger partial charge on any atom is -0.508 e. The number of benzene rings is 1. The van der Waals surface area contributed by atoms with E-state index in [1.54, 1.807) is 18.3 Å². The van der Waals surface area contributed by atoms with Gasteiger partial charge in [-0.05, 0) is 31.0 Å². The predicted octanol–water partition coefficient (Wildman–Crippen LogP) is 3.23. The number of aryl methyl sites for hydroxylation is 1. The first-order valence-electron chi connectivity index (χ1n) is 5.42. The van der Waals surface area contributed by atoms with Crippen LogP contribution in [0.3, 0.4) is 0 Å². The fourth-order valence-electron chi connectivity index (χ4n) is 1.79. The monoisotopic (exact) mass is 217 g/mol. The van der Waals surface area contributed by atoms with E-state index >= 15 is 0 Å². The maximum Gasteiger partial charge on any atom is 0.201 e. The van der Waals surface area contributed by atoms with Crippen molar-refractivity contribution in [2.24, 2.45) is 0 Å². The molecule has 0 saturated heterocycles. The summed E-state index contributed by atoms with van der Waals surface area (Å²) in [5.74, 6) is 2.01. The van der Waals surface area contributed by atoms with Crippen molar-refractivity contribution in [3.8, 4) is 5.75 Å². The molecule has 16 heavy (non-hydrogen) atoms. The highest BCUT2D eigenvalue weighted by Crippen LogP contribution is 2.28. The second-order valence-electron chi connectivity index (χ2n) is 3.86. The summed E-state index contributed by atoms with van der Waals surface area (Å²) in [5.41, 5.74) is 1.11. The summed E-state index contributed by atoms with van der Waals surface area (Å²) >= 11 is 0. The van der Waals surface area contributed by atoms with Gasteiger partial charge in [-0.25, -0.2) is 4.98 Å². The van der Waals surface area contributed by atoms with Crippen LogP contribution in [0.25, 0.3) is 0 Å². The Morgan fingerprint density at radius 3 is 2.50 bits per heavy atom. The Hall–Kier alpha value is -1.77. The van der Waals surface area contributed by atoms with E-state index in [0.717, 1.165) is 23.6 Å². The molecular formula is C13H15NO2. The Balaban J connectivity index is 2.32. The third kappa shape index (κ3) is 2.08. The Labute approximate surface area is 94.8 Å². The molecule has 0 aliphatic carbocycles. The first kappa shape index (κ1) is 10.7. The number of oxazole rings is 1. The standard InChI is InChI=1S/C13H15NO2/c1-3-12(13-14-8-9(2)16-13)10-4-6-11(15)7-5-10/h4-8,12,15H,3H2,1-2H3. The number of aromatic nitrogens is 1. The molecule has 1 N–H and O–H groups in total. The topological polar surface area (TPSA) is 46.3 Å². The van der Waals surface area contributed by atoms with Crippen LogP contribution in [0.1, 0.15) is 36.5 Å². The number of rotatable bonds is 3. The van der Waals surface area contributed by atoms with Crippen LogP contribution in [0.15, 0.2) is 34.9 Å². The highest BCUT2D eigenvalue weighted by Gasteiger charge is 2.16. The van der Waals surface area contributed by atoms with E-state index in [1.807, 2.05) is 19.1 Å². The van der Waals surface area contributed by atoms with Gasteiger partial charge in [0.05, 0.1) is 12.1 Å². The SMILES string of the molecule is CCC(c1ccc(O)cc1)c1ncc(C)o1. The molecule has 1 aromatic carbocycles. The lowest BCUT2D eigenvalue weighted by Gasteiger charge is -2.11. The molecule has 1 atom stereocenters. The van der Waals surface area contributed by atoms with Gasteiger partial charge in [0, 0.05) is 0 Å². The molecule has 1 heterocycles. The average Bonchev–Trinajstić information content (AvgIpc) is 2.69. The summed E-state index contributed by atoms with van der Waals surface area (Å²) in [6.07, 6.45) is 2.66. The van der Waals surface area contributed by atoms with E-state index in [2.05, 4.69) is 11.9 Å². The van der Waals surface area contributed by atoms with Crippen LogP contribution >= 0.6 is 0 Å². The van der Waals surface area contributed by atoms with Crippen LogP contribution in [-0.2, 0) is 0 Å². The lowest BCUT2D eigenvalue weighted by molar-refractivity contribution is 0.444. The zero-order valence-corrected chi connectivity index (χ0v) is 9.47. The van der Waals surface area contributed by atoms with Crippen molar-refractivity contribution in [1.29, 1.82) is 0 Å². The number of phenolic OH excluding ortho intramolecular Hbond substituents is 1. The maximum absolute atomic E-state index is 9.25. The molecule has 0 bridgehead atoms. The fourth-order valence-corrected chi connectivity index (χ4v) is 1.79. The van der Waals surface area contributed by atoms with Gasteiger partial charge in [-0.1, -0.05) is 19.1 Å². The summed E-state index contributed by atoms with van der Waals surface area (Å²) in [7, 11) is 0. The van der Waals surface area contributed by atoms with Gasteiger partial charge in [0.15, 0.2) is 0 Å². The Bertz CT molecular complexity index is 459. The van der Waals surface area contributed by atoms with Gasteiger partial charge >= 0.3 is 0 Å². The van der Waals surface area contributed by atoms with E-state index in [0.29, 0.717) is 0 Å². The quantitative estimate of drug-likeness (QED) is 0.858. The van der Waals surface area contributed by atoms with Crippen LogP contribution < -0.4 is 0 Å². The van der Waals surface area contributed by atoms with Crippen LogP contribution in [0.5, 0.6) is 5.75 Å². The van der Waals surface area contributed by atoms with E-state index in [1.165, 1.54) is 0 Å². The molecule has 1 aromatic heterocycles. The molecule has 2 rings (SSSR count). The van der Waals surface area contributed by atoms with Crippen LogP contribution in [0.2, 0.25) is 0 Å². The maximum atomic E-state index is 9.25. The fraction of sp³-hybridized carbons (Fsp3) is 0.308. The third-order valence-electron chi connectivity index (χ3n) is 2.64. The van der Waals surface area contributed by atoms with E-state index in [-0.39, 0.29) is 11.7 Å². The molecule has 1 unspecified atom stereocenters. The molecule has 3 nitrogen and oxygen atoms in total. The van der Waals surface area contributed by atoms with Crippen molar-refractivity contribution < 1.29 is 9.52 Å². The van der Waals surface area contributed by atoms with Gasteiger partial charge < -0.3 is 9.52 Å². The Kier molecular flexibility index (Phi) is 2.95. The van der Waals surface area contributed by atoms with Crippen molar-refractivity contribution in [3.05, 3.63) is 47.7 Å². The number of nitrogens with zero attached hydrogens (tertiary/aromatic N) is 1. The summed E-state index contributed by atoms with van der Waals surface area (Å²) in [6.45, 7) is 3.98. The normalized spacial score (nSPS) is 12.6. The molecule has 3 heteroatoms. The molecule has 0 radical (unpaired) electrons. The van der Waals surface area contributed by atoms with Gasteiger partial charge in [-0.3, -0.25) is 0 Å². The number of aromatic hydroxyl groups is 1. The summed E-state index contributed by atoms with van der Waals surface area (Å²) in [6, 6.07) is 7.19. The molecule has 2 aromatic rings. The molecule has 0 amide bonds. The summed E-state index contributed by atoms with van der Waals surface area (Å²) < 4.78 is 5.55. The molecule has 0 fully saturated rings. The number of hydrogen-bond acceptors (Lipinski definition) is 3. The summed E-state index contributed by atoms with van der Waals surface area (Å²) in [5, 5.41) is 9.25. The van der Waals surface area contributed by atoms with E-state index < -0.39 is 0 Å². The zero-order valence-electron chi connectivity index (χ0n) is 9.47. The molecule has 84 valence electrons. The molecule has 0 aliphatic rings. The van der Waals surface area contributed by atoms with Gasteiger partial charge in [0.1, 0.15) is 11.5 Å². The molecule has 0 saturated carbocycles. The van der Waals surface area contributed by atoms with Crippen LogP contribution in [0.4, 0.5) is 0 Å². The smallest absolute Gasteiger partial charge is 0.201 e. The second-order valence-corrected chi connectivity index (χ2v) is 3.86. The Morgan fingerprint density at radius 1 is 1.31 bits per heavy atom. The van der Waals surface area contributed by atoms with Crippen molar-refractivity contribution in [1.82, 2.24) is 4.98 Å². The minimum atomic E-state index is 0.161. The number of phenols is 1. The van der Waals surface area contributed by atoms with Gasteiger partial charge in [0.2, 0.25) is 5.89 Å². The lowest BCUT2D eigenvalue weighted by atomic mass is 9.96. The van der Waals surface area contributed by atoms with Crippen molar-refractivity contribution in [2.45, 2.75) is 26.2 Å². The van der Waals surface area contributed by atoms with Gasteiger partial charge in [-0.15, -0.1) is 0 Å². The largest absolute Gasteiger partial charge is 0.508 e. The predicted molar refractivity (Wildman–Crippen MR) is 61.5 cm³/mol. The van der Waals surface area contributed by atoms with Crippen molar-refractivity contribution >= 4 is 0 Å². The Morgan fingerprint density at radius 2 is 2.00 bits per heavy atom. The van der Waals surface area contributed by atoms with Crippen molar-refractivity contribution in [3.63, 3.8) is 0 Å². The van der Waals surface area contributed by atoms with Gasteiger partial charge in [-0.2, -0.15) is 0 Å². The molecular weight excluding hydrogens is 202 g/mol. The van der Waals surface area contributed by atoms with Crippen LogP contribution in [-0.4, -0.2) is 10.1 Å². The number of hydrogen-bond donors (Lipinski definition) is 1. The van der Waals surface area contributed by atoms with Crippen molar-refractivity contribution in [2.75, 3.05) is 0 Å². The lowest BCUT2D eigenvalue weighted by Crippen LogP contribution is -1.99. The molecule has 0 spiro atoms. The summed E-state index contributed by atoms with van der Waals surface area (Å²) in [4.78, 5) is 4.26. The first-order valence-corrected chi connectivity index (χ1v) is 5.42.